The number of amides is 2. The molecule has 2 rings (SSSR count). The summed E-state index contributed by atoms with van der Waals surface area (Å²) in [5.74, 6) is 0.199. The number of piperidine rings is 1. The van der Waals surface area contributed by atoms with Gasteiger partial charge < -0.3 is 15.3 Å². The maximum atomic E-state index is 12.4. The number of aliphatic hydroxyl groups excluding tert-OH is 1. The van der Waals surface area contributed by atoms with Gasteiger partial charge in [0.2, 0.25) is 0 Å². The maximum Gasteiger partial charge on any atom is 0.317 e. The molecule has 0 radical (unpaired) electrons. The summed E-state index contributed by atoms with van der Waals surface area (Å²) in [7, 11) is 0. The van der Waals surface area contributed by atoms with Crippen molar-refractivity contribution in [3.05, 3.63) is 21.4 Å². The van der Waals surface area contributed by atoms with E-state index in [9.17, 15) is 9.90 Å². The van der Waals surface area contributed by atoms with Crippen LogP contribution < -0.4 is 5.32 Å². The number of aliphatic hydroxyl groups is 1. The van der Waals surface area contributed by atoms with Crippen LogP contribution in [0.3, 0.4) is 0 Å². The number of likely N-dealkylation sites (tertiary alicyclic amines) is 1. The normalized spacial score (nSPS) is 22.0. The Morgan fingerprint density at radius 1 is 1.48 bits per heavy atom. The van der Waals surface area contributed by atoms with Crippen LogP contribution in [0.5, 0.6) is 0 Å². The molecule has 0 bridgehead atoms. The molecule has 0 spiro atoms. The Morgan fingerprint density at radius 2 is 2.19 bits per heavy atom. The van der Waals surface area contributed by atoms with Crippen LogP contribution in [0, 0.1) is 19.8 Å². The van der Waals surface area contributed by atoms with Gasteiger partial charge in [-0.3, -0.25) is 0 Å². The monoisotopic (exact) mass is 310 g/mol. The number of nitrogens with one attached hydrogen (secondary N) is 1. The summed E-state index contributed by atoms with van der Waals surface area (Å²) < 4.78 is 0. The molecular weight excluding hydrogens is 284 g/mol. The topological polar surface area (TPSA) is 52.6 Å². The molecule has 5 heteroatoms. The van der Waals surface area contributed by atoms with Gasteiger partial charge in [-0.1, -0.05) is 0 Å². The van der Waals surface area contributed by atoms with Crippen LogP contribution in [0.15, 0.2) is 6.07 Å². The van der Waals surface area contributed by atoms with Gasteiger partial charge in [0.15, 0.2) is 0 Å². The van der Waals surface area contributed by atoms with Gasteiger partial charge in [0.25, 0.3) is 0 Å². The summed E-state index contributed by atoms with van der Waals surface area (Å²) in [4.78, 5) is 16.8. The van der Waals surface area contributed by atoms with E-state index in [0.29, 0.717) is 6.54 Å². The van der Waals surface area contributed by atoms with E-state index in [1.165, 1.54) is 15.3 Å². The lowest BCUT2D eigenvalue weighted by molar-refractivity contribution is 0.0734. The van der Waals surface area contributed by atoms with Crippen LogP contribution in [0.4, 0.5) is 4.79 Å². The molecule has 3 unspecified atom stereocenters. The highest BCUT2D eigenvalue weighted by Crippen LogP contribution is 2.26. The van der Waals surface area contributed by atoms with Gasteiger partial charge in [0, 0.05) is 28.8 Å². The van der Waals surface area contributed by atoms with Gasteiger partial charge in [-0.05, 0) is 52.2 Å². The average Bonchev–Trinajstić information content (AvgIpc) is 2.77. The largest absolute Gasteiger partial charge is 0.393 e. The smallest absolute Gasteiger partial charge is 0.317 e. The van der Waals surface area contributed by atoms with Crippen molar-refractivity contribution in [1.29, 1.82) is 0 Å². The Morgan fingerprint density at radius 3 is 2.76 bits per heavy atom. The molecule has 0 saturated carbocycles. The summed E-state index contributed by atoms with van der Waals surface area (Å²) in [6.45, 7) is 9.46. The van der Waals surface area contributed by atoms with Gasteiger partial charge in [0.05, 0.1) is 12.1 Å². The first-order chi connectivity index (χ1) is 9.88. The molecule has 118 valence electrons. The molecule has 0 aromatic carbocycles. The second-order valence-corrected chi connectivity index (χ2v) is 7.59. The summed E-state index contributed by atoms with van der Waals surface area (Å²) in [5, 5.41) is 12.8. The van der Waals surface area contributed by atoms with E-state index >= 15 is 0 Å². The van der Waals surface area contributed by atoms with Crippen molar-refractivity contribution in [2.24, 2.45) is 5.92 Å². The molecule has 1 aromatic rings. The minimum Gasteiger partial charge on any atom is -0.393 e. The second-order valence-electron chi connectivity index (χ2n) is 6.13. The van der Waals surface area contributed by atoms with Crippen LogP contribution in [0.25, 0.3) is 0 Å². The lowest BCUT2D eigenvalue weighted by Gasteiger charge is -2.34. The number of urea groups is 1. The molecule has 1 aromatic heterocycles. The van der Waals surface area contributed by atoms with Gasteiger partial charge in [0.1, 0.15) is 0 Å². The number of nitrogens with zero attached hydrogens (tertiary/aromatic N) is 1. The van der Waals surface area contributed by atoms with Crippen molar-refractivity contribution in [2.45, 2.75) is 52.7 Å². The standard InChI is InChI=1S/C16H26N2O2S/c1-10-8-15(13(4)21-10)11(2)17-16(20)18-7-5-6-14(9-18)12(3)19/h8,11-12,14,19H,5-7,9H2,1-4H3,(H,17,20). The SMILES string of the molecule is Cc1cc(C(C)NC(=O)N2CCCC(C(C)O)C2)c(C)s1. The average molecular weight is 310 g/mol. The molecule has 0 aliphatic carbocycles. The minimum atomic E-state index is -0.347. The third kappa shape index (κ3) is 3.98. The number of carbonyl (C=O) groups is 1. The van der Waals surface area contributed by atoms with E-state index in [-0.39, 0.29) is 24.1 Å². The van der Waals surface area contributed by atoms with Gasteiger partial charge >= 0.3 is 6.03 Å². The third-order valence-electron chi connectivity index (χ3n) is 4.31. The Balaban J connectivity index is 1.96. The van der Waals surface area contributed by atoms with Crippen LogP contribution in [-0.4, -0.2) is 35.2 Å². The molecule has 3 atom stereocenters. The van der Waals surface area contributed by atoms with E-state index in [1.807, 2.05) is 18.7 Å². The van der Waals surface area contributed by atoms with Crippen LogP contribution >= 0.6 is 11.3 Å². The molecule has 1 saturated heterocycles. The maximum absolute atomic E-state index is 12.4. The van der Waals surface area contributed by atoms with E-state index in [4.69, 9.17) is 0 Å². The zero-order valence-corrected chi connectivity index (χ0v) is 14.2. The molecule has 2 N–H and O–H groups in total. The predicted molar refractivity (Wildman–Crippen MR) is 86.7 cm³/mol. The highest BCUT2D eigenvalue weighted by atomic mass is 32.1. The molecule has 1 aliphatic rings. The van der Waals surface area contributed by atoms with Crippen LogP contribution in [0.2, 0.25) is 0 Å². The Kier molecular flexibility index (Phi) is 5.27. The lowest BCUT2D eigenvalue weighted by atomic mass is 9.94. The highest BCUT2D eigenvalue weighted by molar-refractivity contribution is 7.12. The molecule has 2 heterocycles. The van der Waals surface area contributed by atoms with Crippen LogP contribution in [0.1, 0.15) is 48.0 Å². The fourth-order valence-corrected chi connectivity index (χ4v) is 4.05. The minimum absolute atomic E-state index is 0.0175. The fourth-order valence-electron chi connectivity index (χ4n) is 3.02. The van der Waals surface area contributed by atoms with Gasteiger partial charge in [-0.15, -0.1) is 11.3 Å². The molecular formula is C16H26N2O2S. The Labute approximate surface area is 131 Å². The first-order valence-corrected chi connectivity index (χ1v) is 8.50. The van der Waals surface area contributed by atoms with E-state index in [2.05, 4.69) is 25.2 Å². The van der Waals surface area contributed by atoms with Gasteiger partial charge in [-0.2, -0.15) is 0 Å². The van der Waals surface area contributed by atoms with Gasteiger partial charge in [-0.25, -0.2) is 4.79 Å². The molecule has 21 heavy (non-hydrogen) atoms. The van der Waals surface area contributed by atoms with Crippen molar-refractivity contribution in [2.75, 3.05) is 13.1 Å². The first kappa shape index (κ1) is 16.3. The predicted octanol–water partition coefficient (Wildman–Crippen LogP) is 3.23. The number of carbonyl (C=O) groups excluding carboxylic acids is 1. The zero-order chi connectivity index (χ0) is 15.6. The molecule has 4 nitrogen and oxygen atoms in total. The second kappa shape index (κ2) is 6.79. The molecule has 1 fully saturated rings. The number of thiophene rings is 1. The number of rotatable bonds is 3. The summed E-state index contributed by atoms with van der Waals surface area (Å²) >= 11 is 1.77. The Hall–Kier alpha value is -1.07. The third-order valence-corrected chi connectivity index (χ3v) is 5.29. The van der Waals surface area contributed by atoms with Crippen molar-refractivity contribution in [3.63, 3.8) is 0 Å². The van der Waals surface area contributed by atoms with Crippen LogP contribution in [-0.2, 0) is 0 Å². The first-order valence-electron chi connectivity index (χ1n) is 7.69. The number of aryl methyl sites for hydroxylation is 2. The lowest BCUT2D eigenvalue weighted by Crippen LogP contribution is -2.47. The molecule has 2 amide bonds. The van der Waals surface area contributed by atoms with E-state index < -0.39 is 0 Å². The fraction of sp³-hybridized carbons (Fsp3) is 0.688. The summed E-state index contributed by atoms with van der Waals surface area (Å²) in [6, 6.07) is 2.16. The summed E-state index contributed by atoms with van der Waals surface area (Å²) in [6.07, 6.45) is 1.62. The summed E-state index contributed by atoms with van der Waals surface area (Å²) in [5.41, 5.74) is 1.20. The zero-order valence-electron chi connectivity index (χ0n) is 13.3. The highest BCUT2D eigenvalue weighted by Gasteiger charge is 2.27. The van der Waals surface area contributed by atoms with Crippen molar-refractivity contribution in [1.82, 2.24) is 10.2 Å². The Bertz CT molecular complexity index is 498. The van der Waals surface area contributed by atoms with E-state index in [0.717, 1.165) is 19.4 Å². The van der Waals surface area contributed by atoms with Crippen molar-refractivity contribution < 1.29 is 9.90 Å². The quantitative estimate of drug-likeness (QED) is 0.900. The molecule has 1 aliphatic heterocycles. The number of hydrogen-bond donors (Lipinski definition) is 2. The van der Waals surface area contributed by atoms with Crippen molar-refractivity contribution >= 4 is 17.4 Å². The van der Waals surface area contributed by atoms with E-state index in [1.54, 1.807) is 11.3 Å². The van der Waals surface area contributed by atoms with Crippen molar-refractivity contribution in [3.8, 4) is 0 Å². The number of hydrogen-bond acceptors (Lipinski definition) is 3.